The Balaban J connectivity index is 1.97. The van der Waals surface area contributed by atoms with Gasteiger partial charge in [0.25, 0.3) is 5.91 Å². The van der Waals surface area contributed by atoms with Gasteiger partial charge in [0, 0.05) is 28.6 Å². The lowest BCUT2D eigenvalue weighted by atomic mass is 10.2. The standard InChI is InChI=1S/C22H26ClN3OS2/c1-5-25(6-2)11-12-26(21(27)16-7-9-18(28-4)10-8-16)22-24-20-15(3)13-17(23)14-19(20)29-22/h7-10,13-14H,5-6,11-12H2,1-4H3. The number of thiazole rings is 1. The van der Waals surface area contributed by atoms with Gasteiger partial charge in [0.1, 0.15) is 0 Å². The molecule has 0 radical (unpaired) electrons. The summed E-state index contributed by atoms with van der Waals surface area (Å²) in [6.07, 6.45) is 2.03. The largest absolute Gasteiger partial charge is 0.302 e. The predicted molar refractivity (Wildman–Crippen MR) is 127 cm³/mol. The van der Waals surface area contributed by atoms with Crippen molar-refractivity contribution >= 4 is 56.0 Å². The van der Waals surface area contributed by atoms with Crippen molar-refractivity contribution in [2.24, 2.45) is 0 Å². The van der Waals surface area contributed by atoms with E-state index in [-0.39, 0.29) is 5.91 Å². The zero-order valence-corrected chi connectivity index (χ0v) is 19.6. The molecule has 3 aromatic rings. The Labute approximate surface area is 185 Å². The van der Waals surface area contributed by atoms with Gasteiger partial charge in [-0.15, -0.1) is 11.8 Å². The Morgan fingerprint density at radius 3 is 2.45 bits per heavy atom. The van der Waals surface area contributed by atoms with Crippen LogP contribution in [0.2, 0.25) is 5.02 Å². The fourth-order valence-electron chi connectivity index (χ4n) is 3.21. The summed E-state index contributed by atoms with van der Waals surface area (Å²) >= 11 is 9.41. The average molecular weight is 448 g/mol. The van der Waals surface area contributed by atoms with Gasteiger partial charge in [0.15, 0.2) is 5.13 Å². The van der Waals surface area contributed by atoms with E-state index in [9.17, 15) is 4.79 Å². The fraction of sp³-hybridized carbons (Fsp3) is 0.364. The Kier molecular flexibility index (Phi) is 7.57. The molecule has 0 unspecified atom stereocenters. The van der Waals surface area contributed by atoms with Crippen LogP contribution in [-0.4, -0.2) is 48.2 Å². The number of carbonyl (C=O) groups excluding carboxylic acids is 1. The van der Waals surface area contributed by atoms with Gasteiger partial charge in [-0.05, 0) is 68.2 Å². The van der Waals surface area contributed by atoms with E-state index in [1.807, 2.05) is 54.5 Å². The first-order valence-corrected chi connectivity index (χ1v) is 12.1. The van der Waals surface area contributed by atoms with Crippen LogP contribution in [0.5, 0.6) is 0 Å². The lowest BCUT2D eigenvalue weighted by Crippen LogP contribution is -2.38. The number of fused-ring (bicyclic) bond motifs is 1. The molecule has 2 aromatic carbocycles. The highest BCUT2D eigenvalue weighted by molar-refractivity contribution is 7.98. The van der Waals surface area contributed by atoms with Crippen LogP contribution in [-0.2, 0) is 0 Å². The summed E-state index contributed by atoms with van der Waals surface area (Å²) in [5.41, 5.74) is 2.61. The first kappa shape index (κ1) is 22.1. The molecule has 0 atom stereocenters. The number of aryl methyl sites for hydroxylation is 1. The van der Waals surface area contributed by atoms with Gasteiger partial charge in [0.2, 0.25) is 0 Å². The number of hydrogen-bond donors (Lipinski definition) is 0. The maximum absolute atomic E-state index is 13.4. The van der Waals surface area contributed by atoms with Crippen LogP contribution < -0.4 is 4.90 Å². The fourth-order valence-corrected chi connectivity index (χ4v) is 5.07. The molecule has 1 heterocycles. The normalized spacial score (nSPS) is 11.4. The molecule has 3 rings (SSSR count). The smallest absolute Gasteiger partial charge is 0.260 e. The number of amides is 1. The van der Waals surface area contributed by atoms with Gasteiger partial charge in [-0.25, -0.2) is 4.98 Å². The number of nitrogens with zero attached hydrogens (tertiary/aromatic N) is 3. The van der Waals surface area contributed by atoms with E-state index in [2.05, 4.69) is 18.7 Å². The number of halogens is 1. The summed E-state index contributed by atoms with van der Waals surface area (Å²) in [7, 11) is 0. The third-order valence-electron chi connectivity index (χ3n) is 4.99. The second-order valence-electron chi connectivity index (χ2n) is 6.78. The van der Waals surface area contributed by atoms with E-state index in [1.165, 1.54) is 11.3 Å². The molecule has 1 amide bonds. The van der Waals surface area contributed by atoms with Gasteiger partial charge >= 0.3 is 0 Å². The summed E-state index contributed by atoms with van der Waals surface area (Å²) in [6.45, 7) is 9.58. The van der Waals surface area contributed by atoms with Crippen LogP contribution >= 0.6 is 34.7 Å². The van der Waals surface area contributed by atoms with E-state index in [1.54, 1.807) is 11.8 Å². The number of likely N-dealkylation sites (N-methyl/N-ethyl adjacent to an activating group) is 1. The van der Waals surface area contributed by atoms with Crippen molar-refractivity contribution in [1.82, 2.24) is 9.88 Å². The second kappa shape index (κ2) is 9.94. The maximum atomic E-state index is 13.4. The molecule has 0 aliphatic carbocycles. The molecule has 154 valence electrons. The highest BCUT2D eigenvalue weighted by Gasteiger charge is 2.22. The minimum atomic E-state index is -0.0207. The van der Waals surface area contributed by atoms with Crippen LogP contribution in [0.4, 0.5) is 5.13 Å². The summed E-state index contributed by atoms with van der Waals surface area (Å²) in [5.74, 6) is -0.0207. The lowest BCUT2D eigenvalue weighted by Gasteiger charge is -2.24. The van der Waals surface area contributed by atoms with Gasteiger partial charge < -0.3 is 4.90 Å². The van der Waals surface area contributed by atoms with Gasteiger partial charge in [-0.1, -0.05) is 36.8 Å². The number of hydrogen-bond acceptors (Lipinski definition) is 5. The summed E-state index contributed by atoms with van der Waals surface area (Å²) < 4.78 is 1.00. The molecule has 0 saturated heterocycles. The molecule has 1 aromatic heterocycles. The second-order valence-corrected chi connectivity index (χ2v) is 9.10. The van der Waals surface area contributed by atoms with E-state index in [4.69, 9.17) is 16.6 Å². The molecule has 29 heavy (non-hydrogen) atoms. The number of anilines is 1. The van der Waals surface area contributed by atoms with Gasteiger partial charge in [-0.3, -0.25) is 9.69 Å². The van der Waals surface area contributed by atoms with E-state index in [0.717, 1.165) is 45.4 Å². The monoisotopic (exact) mass is 447 g/mol. The number of carbonyl (C=O) groups is 1. The highest BCUT2D eigenvalue weighted by Crippen LogP contribution is 2.33. The van der Waals surface area contributed by atoms with Crippen molar-refractivity contribution < 1.29 is 4.79 Å². The van der Waals surface area contributed by atoms with Gasteiger partial charge in [-0.2, -0.15) is 0 Å². The Hall–Kier alpha value is -1.60. The van der Waals surface area contributed by atoms with E-state index >= 15 is 0 Å². The highest BCUT2D eigenvalue weighted by atomic mass is 35.5. The average Bonchev–Trinajstić information content (AvgIpc) is 3.15. The third kappa shape index (κ3) is 5.12. The van der Waals surface area contributed by atoms with Gasteiger partial charge in [0.05, 0.1) is 10.2 Å². The first-order chi connectivity index (χ1) is 14.0. The molecule has 0 fully saturated rings. The summed E-state index contributed by atoms with van der Waals surface area (Å²) in [4.78, 5) is 23.5. The zero-order valence-electron chi connectivity index (χ0n) is 17.2. The molecule has 0 spiro atoms. The lowest BCUT2D eigenvalue weighted by molar-refractivity contribution is 0.0983. The van der Waals surface area contributed by atoms with Crippen LogP contribution in [0, 0.1) is 6.92 Å². The Bertz CT molecular complexity index is 984. The molecule has 0 N–H and O–H groups in total. The van der Waals surface area contributed by atoms with Crippen LogP contribution in [0.15, 0.2) is 41.3 Å². The van der Waals surface area contributed by atoms with Crippen molar-refractivity contribution in [1.29, 1.82) is 0 Å². The molecular weight excluding hydrogens is 422 g/mol. The van der Waals surface area contributed by atoms with Crippen LogP contribution in [0.1, 0.15) is 29.8 Å². The Morgan fingerprint density at radius 2 is 1.83 bits per heavy atom. The zero-order chi connectivity index (χ0) is 21.0. The molecule has 0 saturated carbocycles. The molecule has 4 nitrogen and oxygen atoms in total. The van der Waals surface area contributed by atoms with Crippen LogP contribution in [0.25, 0.3) is 10.2 Å². The maximum Gasteiger partial charge on any atom is 0.260 e. The molecular formula is C22H26ClN3OS2. The topological polar surface area (TPSA) is 36.4 Å². The number of thioether (sulfide) groups is 1. The number of aromatic nitrogens is 1. The van der Waals surface area contributed by atoms with E-state index < -0.39 is 0 Å². The van der Waals surface area contributed by atoms with Crippen LogP contribution in [0.3, 0.4) is 0 Å². The molecule has 0 aliphatic rings. The number of benzene rings is 2. The quantitative estimate of drug-likeness (QED) is 0.398. The molecule has 0 aliphatic heterocycles. The molecule has 7 heteroatoms. The predicted octanol–water partition coefficient (Wildman–Crippen LogP) is 5.97. The minimum absolute atomic E-state index is 0.0207. The summed E-state index contributed by atoms with van der Waals surface area (Å²) in [6, 6.07) is 11.6. The first-order valence-electron chi connectivity index (χ1n) is 9.71. The van der Waals surface area contributed by atoms with Crippen molar-refractivity contribution in [3.8, 4) is 0 Å². The summed E-state index contributed by atoms with van der Waals surface area (Å²) in [5, 5.41) is 1.41. The van der Waals surface area contributed by atoms with Crippen molar-refractivity contribution in [2.45, 2.75) is 25.7 Å². The Morgan fingerprint density at radius 1 is 1.14 bits per heavy atom. The van der Waals surface area contributed by atoms with Crippen molar-refractivity contribution in [3.05, 3.63) is 52.5 Å². The van der Waals surface area contributed by atoms with E-state index in [0.29, 0.717) is 17.1 Å². The van der Waals surface area contributed by atoms with Crippen molar-refractivity contribution in [2.75, 3.05) is 37.3 Å². The van der Waals surface area contributed by atoms with Crippen molar-refractivity contribution in [3.63, 3.8) is 0 Å². The SMILES string of the molecule is CCN(CC)CCN(C(=O)c1ccc(SC)cc1)c1nc2c(C)cc(Cl)cc2s1. The minimum Gasteiger partial charge on any atom is -0.302 e. The number of rotatable bonds is 8. The molecule has 0 bridgehead atoms. The third-order valence-corrected chi connectivity index (χ3v) is 6.97.